The summed E-state index contributed by atoms with van der Waals surface area (Å²) in [6.45, 7) is 5.05. The summed E-state index contributed by atoms with van der Waals surface area (Å²) in [5.74, 6) is 1.87. The average molecular weight is 278 g/mol. The van der Waals surface area contributed by atoms with E-state index >= 15 is 0 Å². The molecule has 0 bridgehead atoms. The molecule has 0 unspecified atom stereocenters. The molecule has 0 radical (unpaired) electrons. The Kier molecular flexibility index (Phi) is 4.71. The summed E-state index contributed by atoms with van der Waals surface area (Å²) in [6.07, 6.45) is 0.572. The van der Waals surface area contributed by atoms with Gasteiger partial charge in [-0.2, -0.15) is 0 Å². The number of amides is 1. The van der Waals surface area contributed by atoms with Gasteiger partial charge < -0.3 is 19.3 Å². The van der Waals surface area contributed by atoms with Crippen LogP contribution in [0, 0.1) is 0 Å². The Morgan fingerprint density at radius 2 is 1.85 bits per heavy atom. The Morgan fingerprint density at radius 1 is 1.15 bits per heavy atom. The van der Waals surface area contributed by atoms with Crippen molar-refractivity contribution in [3.63, 3.8) is 0 Å². The van der Waals surface area contributed by atoms with Crippen LogP contribution in [0.5, 0.6) is 11.5 Å². The van der Waals surface area contributed by atoms with Crippen molar-refractivity contribution in [2.75, 3.05) is 45.3 Å². The number of carbonyl (C=O) groups is 1. The molecule has 0 spiro atoms. The summed E-state index contributed by atoms with van der Waals surface area (Å²) in [5, 5.41) is 0. The van der Waals surface area contributed by atoms with Gasteiger partial charge >= 0.3 is 0 Å². The lowest BCUT2D eigenvalue weighted by atomic mass is 10.2. The molecule has 0 aromatic heterocycles. The van der Waals surface area contributed by atoms with E-state index in [0.29, 0.717) is 6.42 Å². The van der Waals surface area contributed by atoms with Crippen molar-refractivity contribution < 1.29 is 14.3 Å². The van der Waals surface area contributed by atoms with E-state index in [1.165, 1.54) is 0 Å². The summed E-state index contributed by atoms with van der Waals surface area (Å²) in [7, 11) is 3.33. The number of hydrogen-bond acceptors (Lipinski definition) is 4. The van der Waals surface area contributed by atoms with Gasteiger partial charge in [0.1, 0.15) is 11.5 Å². The standard InChI is InChI=1S/C15H22N2O3/c1-4-15(18)17-9-7-16(8-10-17)13-11-12(19-2)5-6-14(13)20-3/h5-6,11H,4,7-10H2,1-3H3. The van der Waals surface area contributed by atoms with Gasteiger partial charge in [-0.25, -0.2) is 0 Å². The van der Waals surface area contributed by atoms with Crippen LogP contribution >= 0.6 is 0 Å². The predicted molar refractivity (Wildman–Crippen MR) is 78.6 cm³/mol. The average Bonchev–Trinajstić information content (AvgIpc) is 2.53. The molecule has 20 heavy (non-hydrogen) atoms. The first-order chi connectivity index (χ1) is 9.69. The van der Waals surface area contributed by atoms with E-state index in [1.807, 2.05) is 30.0 Å². The maximum Gasteiger partial charge on any atom is 0.222 e. The molecule has 1 fully saturated rings. The molecule has 1 heterocycles. The number of hydrogen-bond donors (Lipinski definition) is 0. The zero-order valence-electron chi connectivity index (χ0n) is 12.4. The van der Waals surface area contributed by atoms with E-state index in [-0.39, 0.29) is 5.91 Å². The van der Waals surface area contributed by atoms with Crippen LogP contribution in [0.2, 0.25) is 0 Å². The molecule has 1 aliphatic heterocycles. The minimum Gasteiger partial charge on any atom is -0.497 e. The molecule has 1 amide bonds. The summed E-state index contributed by atoms with van der Waals surface area (Å²) in [6, 6.07) is 5.78. The lowest BCUT2D eigenvalue weighted by Crippen LogP contribution is -2.48. The fraction of sp³-hybridized carbons (Fsp3) is 0.533. The summed E-state index contributed by atoms with van der Waals surface area (Å²) < 4.78 is 10.7. The Bertz CT molecular complexity index is 468. The quantitative estimate of drug-likeness (QED) is 0.841. The van der Waals surface area contributed by atoms with Crippen molar-refractivity contribution >= 4 is 11.6 Å². The smallest absolute Gasteiger partial charge is 0.222 e. The molecular formula is C15H22N2O3. The highest BCUT2D eigenvalue weighted by Gasteiger charge is 2.22. The maximum atomic E-state index is 11.7. The highest BCUT2D eigenvalue weighted by atomic mass is 16.5. The molecule has 0 aliphatic carbocycles. The molecule has 5 nitrogen and oxygen atoms in total. The fourth-order valence-electron chi connectivity index (χ4n) is 2.46. The van der Waals surface area contributed by atoms with Gasteiger partial charge in [-0.3, -0.25) is 4.79 Å². The number of benzene rings is 1. The predicted octanol–water partition coefficient (Wildman–Crippen LogP) is 1.76. The van der Waals surface area contributed by atoms with Crippen LogP contribution in [-0.4, -0.2) is 51.2 Å². The topological polar surface area (TPSA) is 42.0 Å². The first kappa shape index (κ1) is 14.5. The van der Waals surface area contributed by atoms with Crippen LogP contribution in [0.1, 0.15) is 13.3 Å². The van der Waals surface area contributed by atoms with Crippen molar-refractivity contribution in [1.82, 2.24) is 4.90 Å². The van der Waals surface area contributed by atoms with Crippen LogP contribution in [-0.2, 0) is 4.79 Å². The van der Waals surface area contributed by atoms with E-state index in [9.17, 15) is 4.79 Å². The molecule has 1 saturated heterocycles. The fourth-order valence-corrected chi connectivity index (χ4v) is 2.46. The molecule has 1 aromatic rings. The largest absolute Gasteiger partial charge is 0.497 e. The minimum atomic E-state index is 0.224. The number of rotatable bonds is 4. The summed E-state index contributed by atoms with van der Waals surface area (Å²) in [5.41, 5.74) is 1.02. The minimum absolute atomic E-state index is 0.224. The van der Waals surface area contributed by atoms with Gasteiger partial charge in [-0.1, -0.05) is 6.92 Å². The van der Waals surface area contributed by atoms with Gasteiger partial charge in [0.15, 0.2) is 0 Å². The van der Waals surface area contributed by atoms with E-state index in [0.717, 1.165) is 43.4 Å². The molecule has 2 rings (SSSR count). The van der Waals surface area contributed by atoms with Gasteiger partial charge in [0.25, 0.3) is 0 Å². The Labute approximate surface area is 120 Å². The highest BCUT2D eigenvalue weighted by molar-refractivity contribution is 5.76. The normalized spacial score (nSPS) is 15.2. The molecule has 0 atom stereocenters. The maximum absolute atomic E-state index is 11.7. The van der Waals surface area contributed by atoms with Gasteiger partial charge in [-0.15, -0.1) is 0 Å². The number of methoxy groups -OCH3 is 2. The number of anilines is 1. The summed E-state index contributed by atoms with van der Waals surface area (Å²) >= 11 is 0. The number of nitrogens with zero attached hydrogens (tertiary/aromatic N) is 2. The second kappa shape index (κ2) is 6.50. The lowest BCUT2D eigenvalue weighted by Gasteiger charge is -2.36. The number of carbonyl (C=O) groups excluding carboxylic acids is 1. The molecule has 0 N–H and O–H groups in total. The van der Waals surface area contributed by atoms with Crippen molar-refractivity contribution in [2.24, 2.45) is 0 Å². The molecule has 5 heteroatoms. The Hall–Kier alpha value is -1.91. The number of ether oxygens (including phenoxy) is 2. The summed E-state index contributed by atoms with van der Waals surface area (Å²) in [4.78, 5) is 15.9. The van der Waals surface area contributed by atoms with Crippen molar-refractivity contribution in [2.45, 2.75) is 13.3 Å². The van der Waals surface area contributed by atoms with E-state index in [1.54, 1.807) is 14.2 Å². The van der Waals surface area contributed by atoms with Gasteiger partial charge in [0.2, 0.25) is 5.91 Å². The first-order valence-corrected chi connectivity index (χ1v) is 6.94. The van der Waals surface area contributed by atoms with Crippen LogP contribution in [0.15, 0.2) is 18.2 Å². The van der Waals surface area contributed by atoms with Crippen LogP contribution < -0.4 is 14.4 Å². The van der Waals surface area contributed by atoms with Crippen molar-refractivity contribution in [1.29, 1.82) is 0 Å². The van der Waals surface area contributed by atoms with E-state index < -0.39 is 0 Å². The van der Waals surface area contributed by atoms with Crippen LogP contribution in [0.3, 0.4) is 0 Å². The molecule has 1 aromatic carbocycles. The zero-order valence-corrected chi connectivity index (χ0v) is 12.4. The van der Waals surface area contributed by atoms with Crippen LogP contribution in [0.4, 0.5) is 5.69 Å². The lowest BCUT2D eigenvalue weighted by molar-refractivity contribution is -0.131. The molecule has 110 valence electrons. The van der Waals surface area contributed by atoms with Gasteiger partial charge in [0.05, 0.1) is 19.9 Å². The van der Waals surface area contributed by atoms with Crippen LogP contribution in [0.25, 0.3) is 0 Å². The second-order valence-corrected chi connectivity index (χ2v) is 4.76. The van der Waals surface area contributed by atoms with Crippen molar-refractivity contribution in [3.8, 4) is 11.5 Å². The van der Waals surface area contributed by atoms with Gasteiger partial charge in [0, 0.05) is 38.7 Å². The molecular weight excluding hydrogens is 256 g/mol. The zero-order chi connectivity index (χ0) is 14.5. The molecule has 1 aliphatic rings. The van der Waals surface area contributed by atoms with E-state index in [2.05, 4.69) is 4.90 Å². The number of piperazine rings is 1. The third-order valence-corrected chi connectivity index (χ3v) is 3.66. The Morgan fingerprint density at radius 3 is 2.40 bits per heavy atom. The van der Waals surface area contributed by atoms with E-state index in [4.69, 9.17) is 9.47 Å². The third-order valence-electron chi connectivity index (χ3n) is 3.66. The molecule has 0 saturated carbocycles. The van der Waals surface area contributed by atoms with Crippen molar-refractivity contribution in [3.05, 3.63) is 18.2 Å². The first-order valence-electron chi connectivity index (χ1n) is 6.94. The Balaban J connectivity index is 2.11. The monoisotopic (exact) mass is 278 g/mol. The highest BCUT2D eigenvalue weighted by Crippen LogP contribution is 2.32. The SMILES string of the molecule is CCC(=O)N1CCN(c2cc(OC)ccc2OC)CC1. The van der Waals surface area contributed by atoms with Gasteiger partial charge in [-0.05, 0) is 12.1 Å². The second-order valence-electron chi connectivity index (χ2n) is 4.76. The third kappa shape index (κ3) is 2.98.